The molecule has 0 atom stereocenters. The third kappa shape index (κ3) is 4.48. The number of ether oxygens (including phenoxy) is 2. The molecule has 0 aromatic heterocycles. The minimum atomic E-state index is -0.0524. The smallest absolute Gasteiger partial charge is 0.246 e. The first-order valence-corrected chi connectivity index (χ1v) is 7.65. The van der Waals surface area contributed by atoms with Crippen LogP contribution < -0.4 is 9.47 Å². The minimum absolute atomic E-state index is 0.0524. The van der Waals surface area contributed by atoms with Gasteiger partial charge in [0, 0.05) is 32.3 Å². The molecule has 2 rings (SSSR count). The van der Waals surface area contributed by atoms with Gasteiger partial charge in [-0.15, -0.1) is 0 Å². The Morgan fingerprint density at radius 2 is 1.96 bits per heavy atom. The molecule has 0 unspecified atom stereocenters. The van der Waals surface area contributed by atoms with Gasteiger partial charge < -0.3 is 19.3 Å². The Hall–Kier alpha value is -2.50. The first kappa shape index (κ1) is 16.9. The van der Waals surface area contributed by atoms with E-state index in [0.717, 1.165) is 12.0 Å². The molecule has 1 aromatic rings. The van der Waals surface area contributed by atoms with Crippen LogP contribution in [0.2, 0.25) is 0 Å². The van der Waals surface area contributed by atoms with E-state index in [1.54, 1.807) is 29.1 Å². The summed E-state index contributed by atoms with van der Waals surface area (Å²) in [6, 6.07) is 5.54. The van der Waals surface area contributed by atoms with Crippen molar-refractivity contribution in [3.63, 3.8) is 0 Å². The lowest BCUT2D eigenvalue weighted by Crippen LogP contribution is -2.47. The fourth-order valence-corrected chi connectivity index (χ4v) is 2.38. The number of carbonyl (C=O) groups is 2. The second-order valence-electron chi connectivity index (χ2n) is 5.14. The maximum Gasteiger partial charge on any atom is 0.246 e. The number of amides is 2. The maximum atomic E-state index is 12.2. The van der Waals surface area contributed by atoms with Crippen LogP contribution in [0.5, 0.6) is 11.5 Å². The fourth-order valence-electron chi connectivity index (χ4n) is 2.38. The first-order chi connectivity index (χ1) is 11.2. The van der Waals surface area contributed by atoms with E-state index in [9.17, 15) is 9.59 Å². The molecular formula is C17H22N2O4. The van der Waals surface area contributed by atoms with Gasteiger partial charge in [-0.1, -0.05) is 6.07 Å². The molecule has 1 saturated heterocycles. The van der Waals surface area contributed by atoms with Crippen molar-refractivity contribution >= 4 is 18.4 Å². The van der Waals surface area contributed by atoms with E-state index in [1.165, 1.54) is 0 Å². The molecule has 1 fully saturated rings. The normalized spacial score (nSPS) is 14.9. The molecule has 6 heteroatoms. The zero-order valence-corrected chi connectivity index (χ0v) is 13.5. The highest BCUT2D eigenvalue weighted by atomic mass is 16.5. The van der Waals surface area contributed by atoms with Gasteiger partial charge in [0.05, 0.1) is 13.7 Å². The molecule has 23 heavy (non-hydrogen) atoms. The lowest BCUT2D eigenvalue weighted by atomic mass is 10.2. The number of hydrogen-bond acceptors (Lipinski definition) is 4. The number of rotatable bonds is 6. The quantitative estimate of drug-likeness (QED) is 0.588. The summed E-state index contributed by atoms with van der Waals surface area (Å²) in [5.74, 6) is 1.27. The number of methoxy groups -OCH3 is 1. The standard InChI is InChI=1S/C17H22N2O4/c1-3-23-15-6-4-14(12-16(15)22-2)5-7-17(21)19-10-8-18(13-20)9-11-19/h4-7,12-13H,3,8-11H2,1-2H3/b7-5+. The van der Waals surface area contributed by atoms with Crippen LogP contribution in [-0.4, -0.2) is 62.0 Å². The van der Waals surface area contributed by atoms with Crippen molar-refractivity contribution in [3.8, 4) is 11.5 Å². The van der Waals surface area contributed by atoms with Crippen LogP contribution in [0.25, 0.3) is 6.08 Å². The third-order valence-corrected chi connectivity index (χ3v) is 3.68. The van der Waals surface area contributed by atoms with Gasteiger partial charge in [0.2, 0.25) is 12.3 Å². The lowest BCUT2D eigenvalue weighted by Gasteiger charge is -2.31. The minimum Gasteiger partial charge on any atom is -0.493 e. The van der Waals surface area contributed by atoms with E-state index >= 15 is 0 Å². The Bertz CT molecular complexity index is 578. The molecule has 124 valence electrons. The molecule has 0 N–H and O–H groups in total. The SMILES string of the molecule is CCOc1ccc(/C=C/C(=O)N2CCN(C=O)CC2)cc1OC. The van der Waals surface area contributed by atoms with Gasteiger partial charge in [-0.05, 0) is 30.7 Å². The predicted octanol–water partition coefficient (Wildman–Crippen LogP) is 1.41. The summed E-state index contributed by atoms with van der Waals surface area (Å²) in [7, 11) is 1.59. The third-order valence-electron chi connectivity index (χ3n) is 3.68. The summed E-state index contributed by atoms with van der Waals surface area (Å²) in [4.78, 5) is 26.2. The van der Waals surface area contributed by atoms with Crippen molar-refractivity contribution < 1.29 is 19.1 Å². The molecule has 2 amide bonds. The van der Waals surface area contributed by atoms with Crippen LogP contribution in [0.1, 0.15) is 12.5 Å². The molecule has 1 aliphatic heterocycles. The lowest BCUT2D eigenvalue weighted by molar-refractivity contribution is -0.130. The first-order valence-electron chi connectivity index (χ1n) is 7.65. The van der Waals surface area contributed by atoms with Crippen molar-refractivity contribution in [2.75, 3.05) is 39.9 Å². The number of hydrogen-bond donors (Lipinski definition) is 0. The van der Waals surface area contributed by atoms with Crippen LogP contribution in [0.3, 0.4) is 0 Å². The number of carbonyl (C=O) groups excluding carboxylic acids is 2. The zero-order valence-electron chi connectivity index (χ0n) is 13.5. The van der Waals surface area contributed by atoms with Crippen LogP contribution in [0, 0.1) is 0 Å². The maximum absolute atomic E-state index is 12.2. The Kier molecular flexibility index (Phi) is 6.02. The van der Waals surface area contributed by atoms with Gasteiger partial charge in [-0.2, -0.15) is 0 Å². The molecule has 1 aliphatic rings. The average molecular weight is 318 g/mol. The van der Waals surface area contributed by atoms with Crippen molar-refractivity contribution in [2.45, 2.75) is 6.92 Å². The van der Waals surface area contributed by atoms with Gasteiger partial charge in [0.1, 0.15) is 0 Å². The van der Waals surface area contributed by atoms with Crippen LogP contribution in [-0.2, 0) is 9.59 Å². The number of nitrogens with zero attached hydrogens (tertiary/aromatic N) is 2. The molecule has 6 nitrogen and oxygen atoms in total. The summed E-state index contributed by atoms with van der Waals surface area (Å²) in [6.45, 7) is 4.77. The Morgan fingerprint density at radius 3 is 2.57 bits per heavy atom. The average Bonchev–Trinajstić information content (AvgIpc) is 2.60. The van der Waals surface area contributed by atoms with E-state index in [1.807, 2.05) is 25.1 Å². The molecule has 0 spiro atoms. The van der Waals surface area contributed by atoms with Crippen LogP contribution in [0.4, 0.5) is 0 Å². The van der Waals surface area contributed by atoms with Gasteiger partial charge in [-0.3, -0.25) is 9.59 Å². The summed E-state index contributed by atoms with van der Waals surface area (Å²) in [6.07, 6.45) is 4.13. The van der Waals surface area contributed by atoms with Gasteiger partial charge in [0.25, 0.3) is 0 Å². The van der Waals surface area contributed by atoms with Gasteiger partial charge >= 0.3 is 0 Å². The zero-order chi connectivity index (χ0) is 16.7. The van der Waals surface area contributed by atoms with Crippen LogP contribution >= 0.6 is 0 Å². The highest BCUT2D eigenvalue weighted by molar-refractivity contribution is 5.92. The topological polar surface area (TPSA) is 59.1 Å². The molecule has 0 radical (unpaired) electrons. The fraction of sp³-hybridized carbons (Fsp3) is 0.412. The molecule has 0 bridgehead atoms. The predicted molar refractivity (Wildman–Crippen MR) is 87.4 cm³/mol. The highest BCUT2D eigenvalue weighted by Crippen LogP contribution is 2.28. The molecule has 1 heterocycles. The van der Waals surface area contributed by atoms with Crippen molar-refractivity contribution in [3.05, 3.63) is 29.8 Å². The summed E-state index contributed by atoms with van der Waals surface area (Å²) < 4.78 is 10.8. The van der Waals surface area contributed by atoms with E-state index < -0.39 is 0 Å². The molecular weight excluding hydrogens is 296 g/mol. The molecule has 0 aliphatic carbocycles. The second-order valence-corrected chi connectivity index (χ2v) is 5.14. The van der Waals surface area contributed by atoms with E-state index in [-0.39, 0.29) is 5.91 Å². The Labute approximate surface area is 136 Å². The number of piperazine rings is 1. The largest absolute Gasteiger partial charge is 0.493 e. The van der Waals surface area contributed by atoms with E-state index in [4.69, 9.17) is 9.47 Å². The summed E-state index contributed by atoms with van der Waals surface area (Å²) >= 11 is 0. The monoisotopic (exact) mass is 318 g/mol. The Balaban J connectivity index is 1.99. The highest BCUT2D eigenvalue weighted by Gasteiger charge is 2.18. The van der Waals surface area contributed by atoms with Crippen molar-refractivity contribution in [1.82, 2.24) is 9.80 Å². The van der Waals surface area contributed by atoms with E-state index in [0.29, 0.717) is 44.3 Å². The Morgan fingerprint density at radius 1 is 1.22 bits per heavy atom. The van der Waals surface area contributed by atoms with Crippen molar-refractivity contribution in [2.24, 2.45) is 0 Å². The summed E-state index contributed by atoms with van der Waals surface area (Å²) in [5, 5.41) is 0. The van der Waals surface area contributed by atoms with Gasteiger partial charge in [0.15, 0.2) is 11.5 Å². The second kappa shape index (κ2) is 8.22. The van der Waals surface area contributed by atoms with Gasteiger partial charge in [-0.25, -0.2) is 0 Å². The molecule has 1 aromatic carbocycles. The summed E-state index contributed by atoms with van der Waals surface area (Å²) in [5.41, 5.74) is 0.866. The van der Waals surface area contributed by atoms with Crippen LogP contribution in [0.15, 0.2) is 24.3 Å². The van der Waals surface area contributed by atoms with E-state index in [2.05, 4.69) is 0 Å². The molecule has 0 saturated carbocycles. The number of benzene rings is 1. The van der Waals surface area contributed by atoms with Crippen molar-refractivity contribution in [1.29, 1.82) is 0 Å².